The Morgan fingerprint density at radius 1 is 1.07 bits per heavy atom. The Labute approximate surface area is 154 Å². The van der Waals surface area contributed by atoms with Gasteiger partial charge in [-0.05, 0) is 18.9 Å². The maximum Gasteiger partial charge on any atom is 0.231 e. The summed E-state index contributed by atoms with van der Waals surface area (Å²) in [4.78, 5) is 11.0. The molecule has 138 valence electrons. The second kappa shape index (κ2) is 6.15. The van der Waals surface area contributed by atoms with Crippen molar-refractivity contribution in [2.45, 2.75) is 18.8 Å². The van der Waals surface area contributed by atoms with Crippen LogP contribution in [0.4, 0.5) is 5.82 Å². The summed E-state index contributed by atoms with van der Waals surface area (Å²) < 4.78 is 8.80. The fourth-order valence-electron chi connectivity index (χ4n) is 3.69. The normalized spacial score (nSPS) is 15.7. The van der Waals surface area contributed by atoms with Crippen LogP contribution >= 0.6 is 0 Å². The monoisotopic (exact) mass is 365 g/mol. The molecule has 1 aliphatic rings. The van der Waals surface area contributed by atoms with Crippen LogP contribution in [0.3, 0.4) is 0 Å². The zero-order valence-electron chi connectivity index (χ0n) is 15.1. The number of nitrogens with zero attached hydrogens (tertiary/aromatic N) is 9. The van der Waals surface area contributed by atoms with E-state index in [2.05, 4.69) is 35.3 Å². The first-order valence-electron chi connectivity index (χ1n) is 8.88. The Morgan fingerprint density at radius 3 is 2.74 bits per heavy atom. The average molecular weight is 365 g/mol. The highest BCUT2D eigenvalue weighted by atomic mass is 16.5. The third kappa shape index (κ3) is 2.64. The Balaban J connectivity index is 1.40. The molecular weight excluding hydrogens is 346 g/mol. The maximum absolute atomic E-state index is 5.23. The fourth-order valence-corrected chi connectivity index (χ4v) is 3.69. The standard InChI is InChI=1S/C17H19N9O/c1-24-9-12-15(23-24)18-10-19-17(12)25-7-5-11(6-8-25)16-21-20-13-3-4-14(27-2)22-26(13)16/h3-4,9-11H,5-8H2,1-2H3. The SMILES string of the molecule is COc1ccc2nnc(C3CCN(c4ncnc5nn(C)cc45)CC3)n2n1. The van der Waals surface area contributed by atoms with Crippen LogP contribution in [-0.2, 0) is 7.05 Å². The van der Waals surface area contributed by atoms with E-state index < -0.39 is 0 Å². The molecule has 0 saturated carbocycles. The minimum atomic E-state index is 0.294. The number of hydrogen-bond acceptors (Lipinski definition) is 8. The molecule has 0 spiro atoms. The fraction of sp³-hybridized carbons (Fsp3) is 0.412. The van der Waals surface area contributed by atoms with E-state index in [9.17, 15) is 0 Å². The molecule has 0 amide bonds. The van der Waals surface area contributed by atoms with Crippen LogP contribution in [0.5, 0.6) is 5.88 Å². The molecule has 10 nitrogen and oxygen atoms in total. The largest absolute Gasteiger partial charge is 0.480 e. The third-order valence-electron chi connectivity index (χ3n) is 5.04. The number of ether oxygens (including phenoxy) is 1. The summed E-state index contributed by atoms with van der Waals surface area (Å²) in [7, 11) is 3.51. The van der Waals surface area contributed by atoms with E-state index in [1.807, 2.05) is 19.3 Å². The molecule has 0 aliphatic carbocycles. The predicted octanol–water partition coefficient (Wildman–Crippen LogP) is 1.19. The van der Waals surface area contributed by atoms with Crippen LogP contribution < -0.4 is 9.64 Å². The predicted molar refractivity (Wildman–Crippen MR) is 97.8 cm³/mol. The lowest BCUT2D eigenvalue weighted by atomic mass is 9.96. The van der Waals surface area contributed by atoms with E-state index in [0.717, 1.165) is 54.3 Å². The van der Waals surface area contributed by atoms with Crippen LogP contribution in [0.2, 0.25) is 0 Å². The number of rotatable bonds is 3. The van der Waals surface area contributed by atoms with Gasteiger partial charge in [0.25, 0.3) is 0 Å². The van der Waals surface area contributed by atoms with E-state index in [4.69, 9.17) is 4.74 Å². The summed E-state index contributed by atoms with van der Waals surface area (Å²) in [6.45, 7) is 1.76. The van der Waals surface area contributed by atoms with Gasteiger partial charge in [0.15, 0.2) is 17.1 Å². The Bertz CT molecular complexity index is 1110. The third-order valence-corrected chi connectivity index (χ3v) is 5.04. The van der Waals surface area contributed by atoms with E-state index in [1.165, 1.54) is 0 Å². The van der Waals surface area contributed by atoms with Gasteiger partial charge in [0, 0.05) is 38.3 Å². The summed E-state index contributed by atoms with van der Waals surface area (Å²) in [6.07, 6.45) is 5.45. The topological polar surface area (TPSA) is 99.1 Å². The molecule has 5 heterocycles. The molecule has 0 radical (unpaired) electrons. The number of anilines is 1. The van der Waals surface area contributed by atoms with E-state index >= 15 is 0 Å². The smallest absolute Gasteiger partial charge is 0.231 e. The van der Waals surface area contributed by atoms with E-state index in [1.54, 1.807) is 28.7 Å². The molecule has 0 unspecified atom stereocenters. The number of aryl methyl sites for hydroxylation is 1. The van der Waals surface area contributed by atoms with Crippen LogP contribution in [-0.4, -0.2) is 59.8 Å². The summed E-state index contributed by atoms with van der Waals surface area (Å²) in [5.41, 5.74) is 1.46. The number of hydrogen-bond donors (Lipinski definition) is 0. The highest BCUT2D eigenvalue weighted by Gasteiger charge is 2.27. The number of methoxy groups -OCH3 is 1. The molecule has 0 N–H and O–H groups in total. The van der Waals surface area contributed by atoms with Crippen molar-refractivity contribution in [3.05, 3.63) is 30.5 Å². The Kier molecular flexibility index (Phi) is 3.62. The highest BCUT2D eigenvalue weighted by Crippen LogP contribution is 2.31. The second-order valence-corrected chi connectivity index (χ2v) is 6.70. The number of aromatic nitrogens is 8. The van der Waals surface area contributed by atoms with Gasteiger partial charge in [-0.3, -0.25) is 4.68 Å². The van der Waals surface area contributed by atoms with Gasteiger partial charge in [-0.15, -0.1) is 15.3 Å². The van der Waals surface area contributed by atoms with Gasteiger partial charge in [0.05, 0.1) is 12.5 Å². The van der Waals surface area contributed by atoms with Crippen molar-refractivity contribution in [1.82, 2.24) is 39.6 Å². The molecule has 4 aromatic heterocycles. The molecule has 1 saturated heterocycles. The van der Waals surface area contributed by atoms with Crippen molar-refractivity contribution >= 4 is 22.5 Å². The molecule has 4 aromatic rings. The molecule has 5 rings (SSSR count). The van der Waals surface area contributed by atoms with Crippen LogP contribution in [0.15, 0.2) is 24.7 Å². The lowest BCUT2D eigenvalue weighted by molar-refractivity contribution is 0.387. The second-order valence-electron chi connectivity index (χ2n) is 6.70. The van der Waals surface area contributed by atoms with Crippen molar-refractivity contribution < 1.29 is 4.74 Å². The molecule has 27 heavy (non-hydrogen) atoms. The van der Waals surface area contributed by atoms with Gasteiger partial charge in [-0.1, -0.05) is 0 Å². The number of piperidine rings is 1. The first-order valence-corrected chi connectivity index (χ1v) is 8.88. The summed E-state index contributed by atoms with van der Waals surface area (Å²) in [6, 6.07) is 3.67. The van der Waals surface area contributed by atoms with E-state index in [-0.39, 0.29) is 0 Å². The van der Waals surface area contributed by atoms with Crippen LogP contribution in [0, 0.1) is 0 Å². The molecule has 1 fully saturated rings. The highest BCUT2D eigenvalue weighted by molar-refractivity contribution is 5.86. The minimum Gasteiger partial charge on any atom is -0.480 e. The lowest BCUT2D eigenvalue weighted by Gasteiger charge is -2.32. The van der Waals surface area contributed by atoms with Gasteiger partial charge in [0.2, 0.25) is 5.88 Å². The lowest BCUT2D eigenvalue weighted by Crippen LogP contribution is -2.34. The summed E-state index contributed by atoms with van der Waals surface area (Å²) >= 11 is 0. The molecular formula is C17H19N9O. The van der Waals surface area contributed by atoms with Crippen molar-refractivity contribution in [2.24, 2.45) is 7.05 Å². The molecule has 0 bridgehead atoms. The van der Waals surface area contributed by atoms with Crippen LogP contribution in [0.1, 0.15) is 24.6 Å². The Hall–Kier alpha value is -3.30. The zero-order valence-corrected chi connectivity index (χ0v) is 15.1. The zero-order chi connectivity index (χ0) is 18.4. The molecule has 1 aliphatic heterocycles. The maximum atomic E-state index is 5.23. The van der Waals surface area contributed by atoms with Gasteiger partial charge < -0.3 is 9.64 Å². The number of fused-ring (bicyclic) bond motifs is 2. The first kappa shape index (κ1) is 15.9. The summed E-state index contributed by atoms with van der Waals surface area (Å²) in [5, 5.41) is 18.5. The first-order chi connectivity index (χ1) is 13.2. The van der Waals surface area contributed by atoms with Gasteiger partial charge in [-0.2, -0.15) is 9.61 Å². The molecule has 0 aromatic carbocycles. The van der Waals surface area contributed by atoms with Gasteiger partial charge in [0.1, 0.15) is 12.1 Å². The summed E-state index contributed by atoms with van der Waals surface area (Å²) in [5.74, 6) is 2.68. The molecule has 0 atom stereocenters. The van der Waals surface area contributed by atoms with Crippen LogP contribution in [0.25, 0.3) is 16.7 Å². The Morgan fingerprint density at radius 2 is 1.93 bits per heavy atom. The molecule has 10 heteroatoms. The quantitative estimate of drug-likeness (QED) is 0.534. The van der Waals surface area contributed by atoms with Crippen molar-refractivity contribution in [3.63, 3.8) is 0 Å². The van der Waals surface area contributed by atoms with Crippen molar-refractivity contribution in [2.75, 3.05) is 25.1 Å². The van der Waals surface area contributed by atoms with Crippen molar-refractivity contribution in [3.8, 4) is 5.88 Å². The van der Waals surface area contributed by atoms with Gasteiger partial charge >= 0.3 is 0 Å². The van der Waals surface area contributed by atoms with Gasteiger partial charge in [-0.25, -0.2) is 9.97 Å². The van der Waals surface area contributed by atoms with E-state index in [0.29, 0.717) is 11.8 Å². The average Bonchev–Trinajstić information content (AvgIpc) is 3.29. The van der Waals surface area contributed by atoms with Crippen molar-refractivity contribution in [1.29, 1.82) is 0 Å². The minimum absolute atomic E-state index is 0.294.